The van der Waals surface area contributed by atoms with Crippen molar-refractivity contribution in [2.75, 3.05) is 6.61 Å². The first-order valence-electron chi connectivity index (χ1n) is 6.39. The Balaban J connectivity index is 1.92. The van der Waals surface area contributed by atoms with E-state index in [2.05, 4.69) is 5.32 Å². The van der Waals surface area contributed by atoms with Gasteiger partial charge in [-0.2, -0.15) is 0 Å². The van der Waals surface area contributed by atoms with Crippen LogP contribution in [0.4, 0.5) is 0 Å². The molecule has 18 heavy (non-hydrogen) atoms. The van der Waals surface area contributed by atoms with Crippen LogP contribution in [0.15, 0.2) is 30.3 Å². The summed E-state index contributed by atoms with van der Waals surface area (Å²) in [5.41, 5.74) is 1.08. The molecular weight excluding hydrogens is 230 g/mol. The van der Waals surface area contributed by atoms with Crippen molar-refractivity contribution in [1.82, 2.24) is 5.32 Å². The molecule has 4 nitrogen and oxygen atoms in total. The molecule has 0 aromatic heterocycles. The van der Waals surface area contributed by atoms with Crippen molar-refractivity contribution in [2.45, 2.75) is 38.0 Å². The number of rotatable bonds is 5. The van der Waals surface area contributed by atoms with E-state index in [0.29, 0.717) is 13.2 Å². The summed E-state index contributed by atoms with van der Waals surface area (Å²) >= 11 is 0. The summed E-state index contributed by atoms with van der Waals surface area (Å²) in [5, 5.41) is 12.3. The lowest BCUT2D eigenvalue weighted by Gasteiger charge is -2.28. The third kappa shape index (κ3) is 3.55. The first-order valence-corrected chi connectivity index (χ1v) is 6.39. The van der Waals surface area contributed by atoms with Crippen LogP contribution >= 0.6 is 0 Å². The van der Waals surface area contributed by atoms with Gasteiger partial charge in [-0.05, 0) is 24.8 Å². The second-order valence-corrected chi connectivity index (χ2v) is 4.59. The van der Waals surface area contributed by atoms with Gasteiger partial charge < -0.3 is 9.84 Å². The van der Waals surface area contributed by atoms with E-state index in [1.54, 1.807) is 0 Å². The molecule has 0 aliphatic carbocycles. The quantitative estimate of drug-likeness (QED) is 0.835. The first kappa shape index (κ1) is 13.1. The minimum absolute atomic E-state index is 0.208. The predicted octanol–water partition coefficient (Wildman–Crippen LogP) is 1.80. The number of benzene rings is 1. The van der Waals surface area contributed by atoms with E-state index in [9.17, 15) is 9.90 Å². The number of carboxylic acids is 1. The fraction of sp³-hybridized carbons (Fsp3) is 0.500. The molecule has 4 heteroatoms. The number of carboxylic acid groups (broad SMARTS) is 1. The Labute approximate surface area is 107 Å². The zero-order valence-corrected chi connectivity index (χ0v) is 10.3. The van der Waals surface area contributed by atoms with Crippen molar-refractivity contribution in [3.8, 4) is 0 Å². The molecule has 0 amide bonds. The number of ether oxygens (including phenoxy) is 1. The predicted molar refractivity (Wildman–Crippen MR) is 68.3 cm³/mol. The molecule has 1 aromatic carbocycles. The molecule has 2 rings (SSSR count). The molecule has 2 atom stereocenters. The smallest absolute Gasteiger partial charge is 0.323 e. The van der Waals surface area contributed by atoms with Gasteiger partial charge in [-0.1, -0.05) is 30.3 Å². The minimum Gasteiger partial charge on any atom is -0.480 e. The monoisotopic (exact) mass is 249 g/mol. The van der Waals surface area contributed by atoms with Gasteiger partial charge in [0.25, 0.3) is 0 Å². The van der Waals surface area contributed by atoms with Crippen LogP contribution in [0.2, 0.25) is 0 Å². The third-order valence-corrected chi connectivity index (χ3v) is 3.22. The second-order valence-electron chi connectivity index (χ2n) is 4.59. The molecule has 2 N–H and O–H groups in total. The Morgan fingerprint density at radius 2 is 2.17 bits per heavy atom. The van der Waals surface area contributed by atoms with Gasteiger partial charge in [0.15, 0.2) is 0 Å². The van der Waals surface area contributed by atoms with Crippen LogP contribution in [0.5, 0.6) is 0 Å². The highest BCUT2D eigenvalue weighted by Gasteiger charge is 2.29. The largest absolute Gasteiger partial charge is 0.480 e. The molecule has 1 aromatic rings. The highest BCUT2D eigenvalue weighted by molar-refractivity contribution is 5.74. The van der Waals surface area contributed by atoms with E-state index in [1.807, 2.05) is 30.3 Å². The topological polar surface area (TPSA) is 58.6 Å². The summed E-state index contributed by atoms with van der Waals surface area (Å²) in [6.07, 6.45) is 2.68. The summed E-state index contributed by atoms with van der Waals surface area (Å²) in [7, 11) is 0. The normalized spacial score (nSPS) is 21.4. The van der Waals surface area contributed by atoms with Gasteiger partial charge in [0, 0.05) is 13.2 Å². The van der Waals surface area contributed by atoms with E-state index in [-0.39, 0.29) is 6.10 Å². The fourth-order valence-corrected chi connectivity index (χ4v) is 2.23. The van der Waals surface area contributed by atoms with Crippen LogP contribution < -0.4 is 5.32 Å². The number of aliphatic carboxylic acids is 1. The average Bonchev–Trinajstić information content (AvgIpc) is 2.41. The molecule has 0 bridgehead atoms. The lowest BCUT2D eigenvalue weighted by atomic mass is 10.0. The van der Waals surface area contributed by atoms with E-state index in [4.69, 9.17) is 4.74 Å². The lowest BCUT2D eigenvalue weighted by molar-refractivity contribution is -0.145. The molecule has 1 aliphatic heterocycles. The van der Waals surface area contributed by atoms with Crippen molar-refractivity contribution >= 4 is 5.97 Å². The standard InChI is InChI=1S/C14H19NO3/c16-14(17)13(12-8-4-5-9-18-12)15-10-11-6-2-1-3-7-11/h1-3,6-7,12-13,15H,4-5,8-10H2,(H,16,17)/t12-,13-/m0/s1. The Morgan fingerprint density at radius 3 is 2.78 bits per heavy atom. The number of hydrogen-bond acceptors (Lipinski definition) is 3. The molecule has 1 aliphatic rings. The Morgan fingerprint density at radius 1 is 1.39 bits per heavy atom. The van der Waals surface area contributed by atoms with E-state index < -0.39 is 12.0 Å². The molecule has 0 radical (unpaired) electrons. The molecule has 1 fully saturated rings. The Kier molecular flexibility index (Phi) is 4.73. The zero-order chi connectivity index (χ0) is 12.8. The number of nitrogens with one attached hydrogen (secondary N) is 1. The second kappa shape index (κ2) is 6.52. The van der Waals surface area contributed by atoms with Gasteiger partial charge in [-0.25, -0.2) is 0 Å². The van der Waals surface area contributed by atoms with E-state index >= 15 is 0 Å². The van der Waals surface area contributed by atoms with Gasteiger partial charge in [0.2, 0.25) is 0 Å². The molecule has 98 valence electrons. The highest BCUT2D eigenvalue weighted by Crippen LogP contribution is 2.16. The molecular formula is C14H19NO3. The Hall–Kier alpha value is -1.39. The maximum atomic E-state index is 11.3. The van der Waals surface area contributed by atoms with Gasteiger partial charge >= 0.3 is 5.97 Å². The van der Waals surface area contributed by atoms with Gasteiger partial charge in [-0.15, -0.1) is 0 Å². The van der Waals surface area contributed by atoms with Crippen molar-refractivity contribution < 1.29 is 14.6 Å². The van der Waals surface area contributed by atoms with Crippen molar-refractivity contribution in [3.05, 3.63) is 35.9 Å². The van der Waals surface area contributed by atoms with Crippen LogP contribution in [0, 0.1) is 0 Å². The van der Waals surface area contributed by atoms with Crippen LogP contribution in [0.3, 0.4) is 0 Å². The lowest BCUT2D eigenvalue weighted by Crippen LogP contribution is -2.48. The molecule has 0 spiro atoms. The van der Waals surface area contributed by atoms with Crippen LogP contribution in [-0.4, -0.2) is 29.8 Å². The van der Waals surface area contributed by atoms with E-state index in [1.165, 1.54) is 0 Å². The maximum absolute atomic E-state index is 11.3. The first-order chi connectivity index (χ1) is 8.77. The van der Waals surface area contributed by atoms with Crippen LogP contribution in [-0.2, 0) is 16.1 Å². The number of hydrogen-bond donors (Lipinski definition) is 2. The van der Waals surface area contributed by atoms with Crippen LogP contribution in [0.25, 0.3) is 0 Å². The average molecular weight is 249 g/mol. The zero-order valence-electron chi connectivity index (χ0n) is 10.3. The fourth-order valence-electron chi connectivity index (χ4n) is 2.23. The minimum atomic E-state index is -0.835. The molecule has 1 saturated heterocycles. The molecule has 0 unspecified atom stereocenters. The summed E-state index contributed by atoms with van der Waals surface area (Å²) in [6, 6.07) is 9.18. The molecule has 0 saturated carbocycles. The van der Waals surface area contributed by atoms with Gasteiger partial charge in [0.05, 0.1) is 6.10 Å². The van der Waals surface area contributed by atoms with Crippen LogP contribution in [0.1, 0.15) is 24.8 Å². The Bertz CT molecular complexity index is 374. The maximum Gasteiger partial charge on any atom is 0.323 e. The summed E-state index contributed by atoms with van der Waals surface area (Å²) in [4.78, 5) is 11.3. The van der Waals surface area contributed by atoms with Gasteiger partial charge in [-0.3, -0.25) is 10.1 Å². The van der Waals surface area contributed by atoms with Crippen molar-refractivity contribution in [3.63, 3.8) is 0 Å². The summed E-state index contributed by atoms with van der Waals surface area (Å²) in [5.74, 6) is -0.835. The highest BCUT2D eigenvalue weighted by atomic mass is 16.5. The van der Waals surface area contributed by atoms with Gasteiger partial charge in [0.1, 0.15) is 6.04 Å². The third-order valence-electron chi connectivity index (χ3n) is 3.22. The SMILES string of the molecule is O=C(O)[C@@H](NCc1ccccc1)[C@@H]1CCCCO1. The van der Waals surface area contributed by atoms with E-state index in [0.717, 1.165) is 24.8 Å². The number of carbonyl (C=O) groups is 1. The molecule has 1 heterocycles. The summed E-state index contributed by atoms with van der Waals surface area (Å²) < 4.78 is 5.55. The van der Waals surface area contributed by atoms with Crippen molar-refractivity contribution in [1.29, 1.82) is 0 Å². The summed E-state index contributed by atoms with van der Waals surface area (Å²) in [6.45, 7) is 1.22. The van der Waals surface area contributed by atoms with Crippen molar-refractivity contribution in [2.24, 2.45) is 0 Å².